The van der Waals surface area contributed by atoms with Crippen molar-refractivity contribution < 1.29 is 13.9 Å². The van der Waals surface area contributed by atoms with Gasteiger partial charge in [0.15, 0.2) is 5.78 Å². The lowest BCUT2D eigenvalue weighted by molar-refractivity contribution is 0.0553. The molecule has 0 bridgehead atoms. The number of hydrogen-bond acceptors (Lipinski definition) is 3. The van der Waals surface area contributed by atoms with Crippen LogP contribution in [0.1, 0.15) is 29.6 Å². The predicted octanol–water partition coefficient (Wildman–Crippen LogP) is 2.76. The van der Waals surface area contributed by atoms with Crippen LogP contribution in [0.15, 0.2) is 24.3 Å². The van der Waals surface area contributed by atoms with E-state index in [1.54, 1.807) is 12.1 Å². The maximum atomic E-state index is 12.8. The monoisotopic (exact) mass is 279 g/mol. The Labute approximate surface area is 119 Å². The summed E-state index contributed by atoms with van der Waals surface area (Å²) in [6.07, 6.45) is 2.69. The van der Waals surface area contributed by atoms with Gasteiger partial charge in [0.25, 0.3) is 0 Å². The SMILES string of the molecule is CN(CCC(=O)c1ccc(F)cc1)CC1CCOCC1. The highest BCUT2D eigenvalue weighted by Gasteiger charge is 2.16. The molecule has 0 atom stereocenters. The number of carbonyl (C=O) groups is 1. The summed E-state index contributed by atoms with van der Waals surface area (Å²) < 4.78 is 18.1. The van der Waals surface area contributed by atoms with Crippen LogP contribution in [-0.2, 0) is 4.74 Å². The first-order valence-corrected chi connectivity index (χ1v) is 7.20. The first-order valence-electron chi connectivity index (χ1n) is 7.20. The highest BCUT2D eigenvalue weighted by atomic mass is 19.1. The van der Waals surface area contributed by atoms with Crippen molar-refractivity contribution in [2.45, 2.75) is 19.3 Å². The summed E-state index contributed by atoms with van der Waals surface area (Å²) >= 11 is 0. The molecule has 2 rings (SSSR count). The Morgan fingerprint density at radius 3 is 2.60 bits per heavy atom. The van der Waals surface area contributed by atoms with Crippen molar-refractivity contribution in [3.8, 4) is 0 Å². The Balaban J connectivity index is 1.73. The first-order chi connectivity index (χ1) is 9.65. The number of benzene rings is 1. The zero-order valence-electron chi connectivity index (χ0n) is 12.0. The summed E-state index contributed by atoms with van der Waals surface area (Å²) in [5.74, 6) is 0.441. The van der Waals surface area contributed by atoms with Crippen LogP contribution in [0.25, 0.3) is 0 Å². The van der Waals surface area contributed by atoms with Crippen LogP contribution in [0.3, 0.4) is 0 Å². The van der Waals surface area contributed by atoms with Crippen LogP contribution in [0, 0.1) is 11.7 Å². The summed E-state index contributed by atoms with van der Waals surface area (Å²) in [6, 6.07) is 5.77. The van der Waals surface area contributed by atoms with Gasteiger partial charge in [0.2, 0.25) is 0 Å². The van der Waals surface area contributed by atoms with E-state index in [4.69, 9.17) is 4.74 Å². The molecule has 1 aliphatic rings. The summed E-state index contributed by atoms with van der Waals surface area (Å²) in [5.41, 5.74) is 0.589. The average Bonchev–Trinajstić information content (AvgIpc) is 2.46. The van der Waals surface area contributed by atoms with E-state index < -0.39 is 0 Å². The van der Waals surface area contributed by atoms with Crippen LogP contribution in [-0.4, -0.2) is 44.0 Å². The van der Waals surface area contributed by atoms with Gasteiger partial charge in [0.05, 0.1) is 0 Å². The van der Waals surface area contributed by atoms with Crippen molar-refractivity contribution in [3.05, 3.63) is 35.6 Å². The number of halogens is 1. The van der Waals surface area contributed by atoms with E-state index in [9.17, 15) is 9.18 Å². The van der Waals surface area contributed by atoms with E-state index in [2.05, 4.69) is 4.90 Å². The second-order valence-corrected chi connectivity index (χ2v) is 5.50. The van der Waals surface area contributed by atoms with Gasteiger partial charge in [-0.05, 0) is 50.1 Å². The predicted molar refractivity (Wildman–Crippen MR) is 76.4 cm³/mol. The van der Waals surface area contributed by atoms with Gasteiger partial charge in [0.1, 0.15) is 5.82 Å². The third-order valence-corrected chi connectivity index (χ3v) is 3.80. The molecule has 3 nitrogen and oxygen atoms in total. The smallest absolute Gasteiger partial charge is 0.164 e. The molecule has 0 saturated carbocycles. The molecule has 1 saturated heterocycles. The Kier molecular flexibility index (Phi) is 5.68. The maximum Gasteiger partial charge on any atom is 0.164 e. The maximum absolute atomic E-state index is 12.8. The zero-order valence-corrected chi connectivity index (χ0v) is 12.0. The van der Waals surface area contributed by atoms with Crippen LogP contribution in [0.5, 0.6) is 0 Å². The Bertz CT molecular complexity index is 427. The van der Waals surface area contributed by atoms with Gasteiger partial charge >= 0.3 is 0 Å². The third-order valence-electron chi connectivity index (χ3n) is 3.80. The van der Waals surface area contributed by atoms with Crippen LogP contribution < -0.4 is 0 Å². The lowest BCUT2D eigenvalue weighted by atomic mass is 9.99. The summed E-state index contributed by atoms with van der Waals surface area (Å²) in [4.78, 5) is 14.2. The number of hydrogen-bond donors (Lipinski definition) is 0. The van der Waals surface area contributed by atoms with E-state index in [-0.39, 0.29) is 11.6 Å². The quantitative estimate of drug-likeness (QED) is 0.750. The second-order valence-electron chi connectivity index (χ2n) is 5.50. The van der Waals surface area contributed by atoms with Gasteiger partial charge in [0, 0.05) is 38.3 Å². The van der Waals surface area contributed by atoms with Crippen molar-refractivity contribution in [1.29, 1.82) is 0 Å². The van der Waals surface area contributed by atoms with Gasteiger partial charge in [-0.25, -0.2) is 4.39 Å². The molecular formula is C16H22FNO2. The third kappa shape index (κ3) is 4.69. The van der Waals surface area contributed by atoms with Crippen LogP contribution in [0.4, 0.5) is 4.39 Å². The van der Waals surface area contributed by atoms with E-state index in [1.807, 2.05) is 7.05 Å². The summed E-state index contributed by atoms with van der Waals surface area (Å²) in [7, 11) is 2.05. The Morgan fingerprint density at radius 2 is 1.95 bits per heavy atom. The lowest BCUT2D eigenvalue weighted by Crippen LogP contribution is -2.31. The van der Waals surface area contributed by atoms with Crippen molar-refractivity contribution in [1.82, 2.24) is 4.90 Å². The molecular weight excluding hydrogens is 257 g/mol. The topological polar surface area (TPSA) is 29.5 Å². The number of rotatable bonds is 6. The van der Waals surface area contributed by atoms with Crippen molar-refractivity contribution in [2.75, 3.05) is 33.4 Å². The highest BCUT2D eigenvalue weighted by molar-refractivity contribution is 5.96. The second kappa shape index (κ2) is 7.50. The number of nitrogens with zero attached hydrogens (tertiary/aromatic N) is 1. The largest absolute Gasteiger partial charge is 0.381 e. The molecule has 0 amide bonds. The van der Waals surface area contributed by atoms with Gasteiger partial charge in [-0.1, -0.05) is 0 Å². The van der Waals surface area contributed by atoms with E-state index >= 15 is 0 Å². The minimum absolute atomic E-state index is 0.0730. The summed E-state index contributed by atoms with van der Waals surface area (Å²) in [5, 5.41) is 0. The minimum Gasteiger partial charge on any atom is -0.381 e. The Morgan fingerprint density at radius 1 is 1.30 bits per heavy atom. The molecule has 4 heteroatoms. The fourth-order valence-electron chi connectivity index (χ4n) is 2.53. The molecule has 0 radical (unpaired) electrons. The number of ketones is 1. The van der Waals surface area contributed by atoms with E-state index in [0.29, 0.717) is 17.9 Å². The lowest BCUT2D eigenvalue weighted by Gasteiger charge is -2.26. The first kappa shape index (κ1) is 15.1. The number of ether oxygens (including phenoxy) is 1. The standard InChI is InChI=1S/C16H22FNO2/c1-18(12-13-7-10-20-11-8-13)9-6-16(19)14-2-4-15(17)5-3-14/h2-5,13H,6-12H2,1H3. The molecule has 1 heterocycles. The fraction of sp³-hybridized carbons (Fsp3) is 0.562. The number of carbonyl (C=O) groups excluding carboxylic acids is 1. The van der Waals surface area contributed by atoms with E-state index in [0.717, 1.165) is 39.1 Å². The van der Waals surface area contributed by atoms with E-state index in [1.165, 1.54) is 12.1 Å². The normalized spacial score (nSPS) is 16.6. The molecule has 0 spiro atoms. The fourth-order valence-corrected chi connectivity index (χ4v) is 2.53. The molecule has 20 heavy (non-hydrogen) atoms. The van der Waals surface area contributed by atoms with Crippen molar-refractivity contribution in [3.63, 3.8) is 0 Å². The zero-order chi connectivity index (χ0) is 14.4. The number of Topliss-reactive ketones (excluding diaryl/α,β-unsaturated/α-hetero) is 1. The molecule has 1 aromatic rings. The van der Waals surface area contributed by atoms with Gasteiger partial charge in [-0.15, -0.1) is 0 Å². The molecule has 1 fully saturated rings. The van der Waals surface area contributed by atoms with Crippen molar-refractivity contribution in [2.24, 2.45) is 5.92 Å². The molecule has 1 aromatic carbocycles. The van der Waals surface area contributed by atoms with Crippen LogP contribution in [0.2, 0.25) is 0 Å². The molecule has 1 aliphatic heterocycles. The van der Waals surface area contributed by atoms with Crippen LogP contribution >= 0.6 is 0 Å². The molecule has 110 valence electrons. The van der Waals surface area contributed by atoms with Gasteiger partial charge in [-0.2, -0.15) is 0 Å². The molecule has 0 aromatic heterocycles. The molecule has 0 aliphatic carbocycles. The molecule has 0 N–H and O–H groups in total. The van der Waals surface area contributed by atoms with Gasteiger partial charge in [-0.3, -0.25) is 4.79 Å². The summed E-state index contributed by atoms with van der Waals surface area (Å²) in [6.45, 7) is 3.47. The van der Waals surface area contributed by atoms with Gasteiger partial charge < -0.3 is 9.64 Å². The highest BCUT2D eigenvalue weighted by Crippen LogP contribution is 2.15. The average molecular weight is 279 g/mol. The minimum atomic E-state index is -0.307. The Hall–Kier alpha value is -1.26. The molecule has 0 unspecified atom stereocenters. The van der Waals surface area contributed by atoms with Crippen molar-refractivity contribution >= 4 is 5.78 Å².